The van der Waals surface area contributed by atoms with Gasteiger partial charge in [-0.1, -0.05) is 12.1 Å². The minimum Gasteiger partial charge on any atom is -0.497 e. The van der Waals surface area contributed by atoms with Crippen LogP contribution in [0.3, 0.4) is 0 Å². The van der Waals surface area contributed by atoms with Gasteiger partial charge >= 0.3 is 6.03 Å². The van der Waals surface area contributed by atoms with Gasteiger partial charge in [0.15, 0.2) is 0 Å². The van der Waals surface area contributed by atoms with Crippen molar-refractivity contribution in [2.24, 2.45) is 0 Å². The van der Waals surface area contributed by atoms with Crippen LogP contribution in [0.15, 0.2) is 77.5 Å². The number of anilines is 2. The molecule has 0 spiro atoms. The number of nitrogens with zero attached hydrogens (tertiary/aromatic N) is 2. The molecule has 0 bridgehead atoms. The fourth-order valence-electron chi connectivity index (χ4n) is 2.83. The number of urea groups is 1. The van der Waals surface area contributed by atoms with Gasteiger partial charge in [0.05, 0.1) is 12.8 Å². The number of fused-ring (bicyclic) bond motifs is 1. The summed E-state index contributed by atoms with van der Waals surface area (Å²) >= 11 is 3.46. The molecule has 0 radical (unpaired) electrons. The average molecular weight is 437 g/mol. The highest BCUT2D eigenvalue weighted by Gasteiger charge is 2.08. The molecule has 0 saturated carbocycles. The molecule has 0 fully saturated rings. The summed E-state index contributed by atoms with van der Waals surface area (Å²) in [5, 5.41) is 5.65. The summed E-state index contributed by atoms with van der Waals surface area (Å²) in [5.74, 6) is 0.734. The van der Waals surface area contributed by atoms with E-state index in [0.717, 1.165) is 27.1 Å². The van der Waals surface area contributed by atoms with Crippen molar-refractivity contribution in [1.29, 1.82) is 0 Å². The van der Waals surface area contributed by atoms with E-state index in [-0.39, 0.29) is 6.03 Å². The third-order valence-electron chi connectivity index (χ3n) is 4.18. The Balaban J connectivity index is 1.50. The summed E-state index contributed by atoms with van der Waals surface area (Å²) in [5.41, 5.74) is 3.97. The van der Waals surface area contributed by atoms with Crippen LogP contribution < -0.4 is 15.4 Å². The zero-order valence-electron chi connectivity index (χ0n) is 15.0. The summed E-state index contributed by atoms with van der Waals surface area (Å²) in [6.45, 7) is 0. The summed E-state index contributed by atoms with van der Waals surface area (Å²) in [4.78, 5) is 16.9. The molecule has 28 heavy (non-hydrogen) atoms. The van der Waals surface area contributed by atoms with Crippen LogP contribution >= 0.6 is 15.9 Å². The van der Waals surface area contributed by atoms with E-state index in [0.29, 0.717) is 11.4 Å². The van der Waals surface area contributed by atoms with E-state index in [2.05, 4.69) is 31.5 Å². The molecule has 4 aromatic rings. The maximum Gasteiger partial charge on any atom is 0.323 e. The van der Waals surface area contributed by atoms with Crippen LogP contribution in [-0.2, 0) is 0 Å². The molecule has 0 unspecified atom stereocenters. The summed E-state index contributed by atoms with van der Waals surface area (Å²) in [6, 6.07) is 18.3. The van der Waals surface area contributed by atoms with Crippen molar-refractivity contribution in [3.63, 3.8) is 0 Å². The number of imidazole rings is 1. The lowest BCUT2D eigenvalue weighted by Crippen LogP contribution is -2.19. The van der Waals surface area contributed by atoms with E-state index < -0.39 is 0 Å². The maximum atomic E-state index is 12.3. The third kappa shape index (κ3) is 3.99. The van der Waals surface area contributed by atoms with E-state index in [1.54, 1.807) is 31.4 Å². The molecule has 0 aliphatic carbocycles. The Bertz CT molecular complexity index is 1140. The van der Waals surface area contributed by atoms with Crippen LogP contribution in [0.5, 0.6) is 5.75 Å². The van der Waals surface area contributed by atoms with Crippen LogP contribution in [0.4, 0.5) is 16.2 Å². The van der Waals surface area contributed by atoms with E-state index in [1.807, 2.05) is 53.2 Å². The zero-order valence-corrected chi connectivity index (χ0v) is 16.6. The first-order chi connectivity index (χ1) is 13.6. The first kappa shape index (κ1) is 18.1. The topological polar surface area (TPSA) is 67.7 Å². The third-order valence-corrected chi connectivity index (χ3v) is 4.65. The molecule has 4 rings (SSSR count). The maximum absolute atomic E-state index is 12.3. The van der Waals surface area contributed by atoms with Gasteiger partial charge in [-0.15, -0.1) is 0 Å². The summed E-state index contributed by atoms with van der Waals surface area (Å²) in [7, 11) is 1.60. The largest absolute Gasteiger partial charge is 0.497 e. The van der Waals surface area contributed by atoms with E-state index >= 15 is 0 Å². The molecule has 0 saturated heterocycles. The fraction of sp³-hybridized carbons (Fsp3) is 0.0476. The number of benzene rings is 2. The second kappa shape index (κ2) is 7.74. The van der Waals surface area contributed by atoms with E-state index in [4.69, 9.17) is 4.74 Å². The lowest BCUT2D eigenvalue weighted by atomic mass is 10.1. The number of rotatable bonds is 4. The summed E-state index contributed by atoms with van der Waals surface area (Å²) in [6.07, 6.45) is 3.91. The highest BCUT2D eigenvalue weighted by Crippen LogP contribution is 2.24. The van der Waals surface area contributed by atoms with Gasteiger partial charge in [-0.3, -0.25) is 0 Å². The lowest BCUT2D eigenvalue weighted by molar-refractivity contribution is 0.262. The molecule has 0 aliphatic rings. The van der Waals surface area contributed by atoms with E-state index in [9.17, 15) is 4.79 Å². The van der Waals surface area contributed by atoms with Gasteiger partial charge in [-0.2, -0.15) is 0 Å². The number of carbonyl (C=O) groups is 1. The number of halogens is 1. The van der Waals surface area contributed by atoms with Gasteiger partial charge < -0.3 is 19.8 Å². The molecule has 2 aromatic heterocycles. The van der Waals surface area contributed by atoms with Gasteiger partial charge in [0.2, 0.25) is 0 Å². The predicted octanol–water partition coefficient (Wildman–Crippen LogP) is 5.42. The van der Waals surface area contributed by atoms with Crippen LogP contribution in [0.1, 0.15) is 0 Å². The molecular formula is C21H17BrN4O2. The van der Waals surface area contributed by atoms with Crippen LogP contribution in [0.2, 0.25) is 0 Å². The van der Waals surface area contributed by atoms with Crippen molar-refractivity contribution in [2.75, 3.05) is 17.7 Å². The molecule has 7 heteroatoms. The lowest BCUT2D eigenvalue weighted by Gasteiger charge is -2.09. The summed E-state index contributed by atoms with van der Waals surface area (Å²) < 4.78 is 8.05. The Kier molecular flexibility index (Phi) is 4.99. The molecular weight excluding hydrogens is 420 g/mol. The number of carbonyl (C=O) groups excluding carboxylic acids is 1. The number of ether oxygens (including phenoxy) is 1. The predicted molar refractivity (Wildman–Crippen MR) is 114 cm³/mol. The van der Waals surface area contributed by atoms with Gasteiger partial charge in [-0.25, -0.2) is 9.78 Å². The monoisotopic (exact) mass is 436 g/mol. The molecule has 2 amide bonds. The van der Waals surface area contributed by atoms with Crippen LogP contribution in [-0.4, -0.2) is 22.5 Å². The highest BCUT2D eigenvalue weighted by molar-refractivity contribution is 9.10. The average Bonchev–Trinajstić information content (AvgIpc) is 3.12. The molecule has 2 heterocycles. The van der Waals surface area contributed by atoms with Gasteiger partial charge in [-0.05, 0) is 64.5 Å². The second-order valence-electron chi connectivity index (χ2n) is 6.13. The number of hydrogen-bond acceptors (Lipinski definition) is 3. The zero-order chi connectivity index (χ0) is 19.5. The molecule has 2 N–H and O–H groups in total. The van der Waals surface area contributed by atoms with Crippen molar-refractivity contribution in [3.05, 3.63) is 77.5 Å². The fourth-order valence-corrected chi connectivity index (χ4v) is 3.18. The van der Waals surface area contributed by atoms with E-state index in [1.165, 1.54) is 0 Å². The molecule has 6 nitrogen and oxygen atoms in total. The molecule has 0 atom stereocenters. The smallest absolute Gasteiger partial charge is 0.323 e. The van der Waals surface area contributed by atoms with Gasteiger partial charge in [0, 0.05) is 33.8 Å². The Hall–Kier alpha value is -3.32. The standard InChI is InChI=1S/C21H17BrN4O2/c1-28-18-8-6-16(7-9-18)23-21(27)24-17-4-2-3-14(11-17)19-13-26-12-15(22)5-10-20(26)25-19/h2-13H,1H3,(H2,23,24,27). The Morgan fingerprint density at radius 2 is 1.79 bits per heavy atom. The number of aromatic nitrogens is 2. The molecule has 2 aromatic carbocycles. The van der Waals surface area contributed by atoms with Crippen molar-refractivity contribution in [3.8, 4) is 17.0 Å². The Morgan fingerprint density at radius 1 is 1.00 bits per heavy atom. The number of nitrogens with one attached hydrogen (secondary N) is 2. The van der Waals surface area contributed by atoms with Gasteiger partial charge in [0.25, 0.3) is 0 Å². The Morgan fingerprint density at radius 3 is 2.57 bits per heavy atom. The quantitative estimate of drug-likeness (QED) is 0.448. The normalized spacial score (nSPS) is 10.6. The SMILES string of the molecule is COc1ccc(NC(=O)Nc2cccc(-c3cn4cc(Br)ccc4n3)c2)cc1. The minimum absolute atomic E-state index is 0.318. The van der Waals surface area contributed by atoms with Crippen molar-refractivity contribution < 1.29 is 9.53 Å². The van der Waals surface area contributed by atoms with Gasteiger partial charge in [0.1, 0.15) is 11.4 Å². The Labute approximate surface area is 170 Å². The first-order valence-corrected chi connectivity index (χ1v) is 9.37. The number of pyridine rings is 1. The van der Waals surface area contributed by atoms with Crippen LogP contribution in [0, 0.1) is 0 Å². The van der Waals surface area contributed by atoms with Crippen molar-refractivity contribution in [1.82, 2.24) is 9.38 Å². The minimum atomic E-state index is -0.318. The molecule has 0 aliphatic heterocycles. The number of hydrogen-bond donors (Lipinski definition) is 2. The van der Waals surface area contributed by atoms with Crippen molar-refractivity contribution >= 4 is 39.0 Å². The highest BCUT2D eigenvalue weighted by atomic mass is 79.9. The second-order valence-corrected chi connectivity index (χ2v) is 7.04. The van der Waals surface area contributed by atoms with Crippen molar-refractivity contribution in [2.45, 2.75) is 0 Å². The number of methoxy groups -OCH3 is 1. The first-order valence-electron chi connectivity index (χ1n) is 8.57. The van der Waals surface area contributed by atoms with Crippen LogP contribution in [0.25, 0.3) is 16.9 Å². The molecule has 140 valence electrons. The number of amides is 2.